The number of carbonyl (C=O) groups excluding carboxylic acids is 1. The lowest BCUT2D eigenvalue weighted by molar-refractivity contribution is -0.153. The van der Waals surface area contributed by atoms with Crippen molar-refractivity contribution in [3.8, 4) is 0 Å². The summed E-state index contributed by atoms with van der Waals surface area (Å²) in [6, 6.07) is 9.45. The van der Waals surface area contributed by atoms with Gasteiger partial charge in [0.05, 0.1) is 6.54 Å². The molecular weight excluding hydrogens is 258 g/mol. The fourth-order valence-corrected chi connectivity index (χ4v) is 2.54. The molecule has 0 aromatic heterocycles. The van der Waals surface area contributed by atoms with Gasteiger partial charge < -0.3 is 9.84 Å². The molecule has 0 aliphatic heterocycles. The Hall–Kier alpha value is -1.88. The van der Waals surface area contributed by atoms with Crippen molar-refractivity contribution in [3.05, 3.63) is 35.9 Å². The van der Waals surface area contributed by atoms with Crippen LogP contribution in [0.5, 0.6) is 0 Å². The average molecular weight is 277 g/mol. The van der Waals surface area contributed by atoms with Gasteiger partial charge in [-0.2, -0.15) is 0 Å². The molecule has 0 atom stereocenters. The van der Waals surface area contributed by atoms with Crippen molar-refractivity contribution < 1.29 is 19.4 Å². The van der Waals surface area contributed by atoms with Crippen molar-refractivity contribution in [1.29, 1.82) is 0 Å². The molecule has 1 aromatic carbocycles. The van der Waals surface area contributed by atoms with Crippen LogP contribution in [0.4, 0.5) is 0 Å². The van der Waals surface area contributed by atoms with E-state index in [0.717, 1.165) is 18.4 Å². The molecule has 1 aromatic rings. The number of rotatable bonds is 6. The Kier molecular flexibility index (Phi) is 4.74. The van der Waals surface area contributed by atoms with E-state index in [4.69, 9.17) is 9.84 Å². The normalized spacial score (nSPS) is 16.8. The molecule has 2 N–H and O–H groups in total. The average Bonchev–Trinajstić information content (AvgIpc) is 2.94. The first-order valence-electron chi connectivity index (χ1n) is 6.80. The highest BCUT2D eigenvalue weighted by molar-refractivity contribution is 5.82. The van der Waals surface area contributed by atoms with E-state index in [1.165, 1.54) is 0 Å². The van der Waals surface area contributed by atoms with Crippen molar-refractivity contribution in [2.24, 2.45) is 0 Å². The lowest BCUT2D eigenvalue weighted by atomic mass is 9.98. The van der Waals surface area contributed by atoms with Crippen LogP contribution in [0.1, 0.15) is 31.2 Å². The van der Waals surface area contributed by atoms with Crippen LogP contribution in [0.3, 0.4) is 0 Å². The maximum Gasteiger partial charge on any atom is 0.326 e. The zero-order valence-electron chi connectivity index (χ0n) is 11.3. The molecule has 0 unspecified atom stereocenters. The van der Waals surface area contributed by atoms with Gasteiger partial charge in [0.15, 0.2) is 0 Å². The minimum Gasteiger partial charge on any atom is -0.480 e. The molecule has 5 nitrogen and oxygen atoms in total. The Labute approximate surface area is 117 Å². The lowest BCUT2D eigenvalue weighted by Gasteiger charge is -2.27. The van der Waals surface area contributed by atoms with E-state index in [-0.39, 0.29) is 19.1 Å². The Morgan fingerprint density at radius 3 is 2.45 bits per heavy atom. The molecule has 20 heavy (non-hydrogen) atoms. The number of esters is 1. The quantitative estimate of drug-likeness (QED) is 0.774. The fourth-order valence-electron chi connectivity index (χ4n) is 2.54. The molecule has 5 heteroatoms. The topological polar surface area (TPSA) is 75.6 Å². The molecule has 1 aliphatic rings. The van der Waals surface area contributed by atoms with E-state index >= 15 is 0 Å². The van der Waals surface area contributed by atoms with Gasteiger partial charge in [-0.05, 0) is 18.4 Å². The number of hydrogen-bond donors (Lipinski definition) is 2. The van der Waals surface area contributed by atoms with Crippen LogP contribution in [-0.4, -0.2) is 29.1 Å². The Morgan fingerprint density at radius 2 is 1.85 bits per heavy atom. The molecule has 108 valence electrons. The van der Waals surface area contributed by atoms with Gasteiger partial charge in [-0.15, -0.1) is 0 Å². The number of hydrogen-bond acceptors (Lipinski definition) is 4. The first-order valence-corrected chi connectivity index (χ1v) is 6.80. The summed E-state index contributed by atoms with van der Waals surface area (Å²) in [6.45, 7) is -0.00336. The first kappa shape index (κ1) is 14.5. The van der Waals surface area contributed by atoms with E-state index in [9.17, 15) is 9.59 Å². The van der Waals surface area contributed by atoms with Crippen molar-refractivity contribution in [1.82, 2.24) is 5.32 Å². The van der Waals surface area contributed by atoms with Gasteiger partial charge in [-0.1, -0.05) is 43.2 Å². The zero-order valence-corrected chi connectivity index (χ0v) is 11.3. The minimum absolute atomic E-state index is 0.218. The van der Waals surface area contributed by atoms with Crippen LogP contribution in [0.15, 0.2) is 30.3 Å². The van der Waals surface area contributed by atoms with E-state index < -0.39 is 11.5 Å². The Bertz CT molecular complexity index is 466. The Morgan fingerprint density at radius 1 is 1.20 bits per heavy atom. The third-order valence-corrected chi connectivity index (χ3v) is 3.64. The summed E-state index contributed by atoms with van der Waals surface area (Å²) in [5, 5.41) is 11.6. The summed E-state index contributed by atoms with van der Waals surface area (Å²) >= 11 is 0. The van der Waals surface area contributed by atoms with Gasteiger partial charge in [0.1, 0.15) is 12.1 Å². The van der Waals surface area contributed by atoms with Gasteiger partial charge in [-0.3, -0.25) is 14.9 Å². The molecule has 0 spiro atoms. The van der Waals surface area contributed by atoms with Crippen LogP contribution in [-0.2, 0) is 20.9 Å². The minimum atomic E-state index is -0.966. The predicted molar refractivity (Wildman–Crippen MR) is 73.1 cm³/mol. The first-order chi connectivity index (χ1) is 9.62. The maximum absolute atomic E-state index is 12.3. The van der Waals surface area contributed by atoms with E-state index in [2.05, 4.69) is 5.32 Å². The molecule has 1 aliphatic carbocycles. The standard InChI is InChI=1S/C15H19NO4/c17-13(18)10-16-15(8-4-5-9-15)14(19)20-11-12-6-2-1-3-7-12/h1-3,6-7,16H,4-5,8-11H2,(H,17,18). The maximum atomic E-state index is 12.3. The van der Waals surface area contributed by atoms with Crippen molar-refractivity contribution in [2.45, 2.75) is 37.8 Å². The Balaban J connectivity index is 1.95. The van der Waals surface area contributed by atoms with Crippen LogP contribution < -0.4 is 5.32 Å². The molecule has 1 fully saturated rings. The number of carbonyl (C=O) groups is 2. The summed E-state index contributed by atoms with van der Waals surface area (Å²) in [6.07, 6.45) is 3.09. The van der Waals surface area contributed by atoms with Gasteiger partial charge in [0, 0.05) is 0 Å². The molecule has 0 amide bonds. The van der Waals surface area contributed by atoms with Crippen LogP contribution in [0.2, 0.25) is 0 Å². The highest BCUT2D eigenvalue weighted by Crippen LogP contribution is 2.31. The summed E-state index contributed by atoms with van der Waals surface area (Å²) < 4.78 is 5.35. The third kappa shape index (κ3) is 3.57. The number of carboxylic acids is 1. The van der Waals surface area contributed by atoms with Gasteiger partial charge in [0.2, 0.25) is 0 Å². The highest BCUT2D eigenvalue weighted by Gasteiger charge is 2.42. The van der Waals surface area contributed by atoms with Crippen LogP contribution in [0.25, 0.3) is 0 Å². The largest absolute Gasteiger partial charge is 0.480 e. The highest BCUT2D eigenvalue weighted by atomic mass is 16.5. The summed E-state index contributed by atoms with van der Waals surface area (Å²) in [7, 11) is 0. The molecule has 0 heterocycles. The fraction of sp³-hybridized carbons (Fsp3) is 0.467. The monoisotopic (exact) mass is 277 g/mol. The number of benzene rings is 1. The van der Waals surface area contributed by atoms with Gasteiger partial charge >= 0.3 is 11.9 Å². The molecular formula is C15H19NO4. The zero-order chi connectivity index (χ0) is 14.4. The second-order valence-corrected chi connectivity index (χ2v) is 5.10. The van der Waals surface area contributed by atoms with Gasteiger partial charge in [0.25, 0.3) is 0 Å². The van der Waals surface area contributed by atoms with Crippen molar-refractivity contribution >= 4 is 11.9 Å². The molecule has 0 bridgehead atoms. The van der Waals surface area contributed by atoms with Crippen LogP contribution in [0, 0.1) is 0 Å². The van der Waals surface area contributed by atoms with Gasteiger partial charge in [-0.25, -0.2) is 0 Å². The predicted octanol–water partition coefficient (Wildman–Crippen LogP) is 1.72. The number of nitrogens with one attached hydrogen (secondary N) is 1. The molecule has 1 saturated carbocycles. The second-order valence-electron chi connectivity index (χ2n) is 5.10. The third-order valence-electron chi connectivity index (χ3n) is 3.64. The molecule has 2 rings (SSSR count). The lowest BCUT2D eigenvalue weighted by Crippen LogP contribution is -2.52. The van der Waals surface area contributed by atoms with E-state index in [0.29, 0.717) is 12.8 Å². The second kappa shape index (κ2) is 6.52. The van der Waals surface area contributed by atoms with Crippen molar-refractivity contribution in [2.75, 3.05) is 6.54 Å². The molecule has 0 radical (unpaired) electrons. The molecule has 0 saturated heterocycles. The van der Waals surface area contributed by atoms with E-state index in [1.54, 1.807) is 0 Å². The van der Waals surface area contributed by atoms with E-state index in [1.807, 2.05) is 30.3 Å². The number of aliphatic carboxylic acids is 1. The SMILES string of the molecule is O=C(O)CNC1(C(=O)OCc2ccccc2)CCCC1. The van der Waals surface area contributed by atoms with Crippen molar-refractivity contribution in [3.63, 3.8) is 0 Å². The number of ether oxygens (including phenoxy) is 1. The smallest absolute Gasteiger partial charge is 0.326 e. The van der Waals surface area contributed by atoms with Crippen LogP contribution >= 0.6 is 0 Å². The summed E-state index contributed by atoms with van der Waals surface area (Å²) in [5.41, 5.74) is 0.0971. The summed E-state index contributed by atoms with van der Waals surface area (Å²) in [5.74, 6) is -1.31. The number of carboxylic acid groups (broad SMARTS) is 1. The summed E-state index contributed by atoms with van der Waals surface area (Å²) in [4.78, 5) is 23.0.